The maximum absolute atomic E-state index is 11.9. The lowest BCUT2D eigenvalue weighted by molar-refractivity contribution is 0.102. The van der Waals surface area contributed by atoms with E-state index in [4.69, 9.17) is 0 Å². The molecule has 2 N–H and O–H groups in total. The smallest absolute Gasteiger partial charge is 0.270 e. The minimum absolute atomic E-state index is 0.0674. The van der Waals surface area contributed by atoms with E-state index in [1.165, 1.54) is 0 Å². The first-order valence-corrected chi connectivity index (χ1v) is 6.13. The summed E-state index contributed by atoms with van der Waals surface area (Å²) in [5, 5.41) is 16.6. The van der Waals surface area contributed by atoms with Crippen molar-refractivity contribution in [2.75, 3.05) is 5.32 Å². The summed E-state index contributed by atoms with van der Waals surface area (Å²) in [7, 11) is 0. The number of amides is 1. The van der Waals surface area contributed by atoms with E-state index in [9.17, 15) is 9.59 Å². The molecule has 19 heavy (non-hydrogen) atoms. The van der Waals surface area contributed by atoms with Gasteiger partial charge in [0, 0.05) is 5.39 Å². The maximum atomic E-state index is 11.9. The minimum Gasteiger partial charge on any atom is -0.287 e. The van der Waals surface area contributed by atoms with Gasteiger partial charge in [-0.3, -0.25) is 14.9 Å². The molecule has 8 heteroatoms. The Morgan fingerprint density at radius 1 is 1.32 bits per heavy atom. The highest BCUT2D eigenvalue weighted by atomic mass is 32.1. The van der Waals surface area contributed by atoms with Crippen LogP contribution in [0.25, 0.3) is 10.8 Å². The third kappa shape index (κ3) is 2.20. The summed E-state index contributed by atoms with van der Waals surface area (Å²) in [5.74, 6) is -0.368. The zero-order chi connectivity index (χ0) is 13.2. The Balaban J connectivity index is 2.01. The summed E-state index contributed by atoms with van der Waals surface area (Å²) in [5.41, 5.74) is 0. The van der Waals surface area contributed by atoms with Crippen LogP contribution >= 0.6 is 11.3 Å². The second kappa shape index (κ2) is 4.58. The molecule has 0 radical (unpaired) electrons. The van der Waals surface area contributed by atoms with Gasteiger partial charge in [-0.15, -0.1) is 5.10 Å². The van der Waals surface area contributed by atoms with Crippen LogP contribution in [-0.2, 0) is 0 Å². The summed E-state index contributed by atoms with van der Waals surface area (Å²) in [6, 6.07) is 8.78. The molecule has 3 aromatic rings. The number of hydrogen-bond acceptors (Lipinski definition) is 6. The molecule has 0 fully saturated rings. The molecule has 1 amide bonds. The van der Waals surface area contributed by atoms with Crippen LogP contribution in [-0.4, -0.2) is 26.5 Å². The number of benzene rings is 1. The van der Waals surface area contributed by atoms with Crippen molar-refractivity contribution in [3.05, 3.63) is 44.7 Å². The normalized spacial score (nSPS) is 10.5. The van der Waals surface area contributed by atoms with Crippen molar-refractivity contribution in [2.24, 2.45) is 0 Å². The number of nitrogens with zero attached hydrogens (tertiary/aromatic N) is 3. The lowest BCUT2D eigenvalue weighted by Crippen LogP contribution is -2.13. The second-order valence-corrected chi connectivity index (χ2v) is 4.69. The molecule has 0 bridgehead atoms. The molecule has 0 unspecified atom stereocenters. The first-order chi connectivity index (χ1) is 9.24. The van der Waals surface area contributed by atoms with Gasteiger partial charge in [-0.1, -0.05) is 34.6 Å². The van der Waals surface area contributed by atoms with Crippen LogP contribution in [0.5, 0.6) is 0 Å². The van der Waals surface area contributed by atoms with E-state index in [-0.39, 0.29) is 10.7 Å². The summed E-state index contributed by atoms with van der Waals surface area (Å²) in [4.78, 5) is 24.1. The van der Waals surface area contributed by atoms with Gasteiger partial charge in [-0.2, -0.15) is 5.21 Å². The molecule has 0 aliphatic carbocycles. The highest BCUT2D eigenvalue weighted by Gasteiger charge is 2.12. The summed E-state index contributed by atoms with van der Waals surface area (Å²) < 4.78 is -0.156. The zero-order valence-corrected chi connectivity index (χ0v) is 10.3. The molecule has 1 aromatic carbocycles. The van der Waals surface area contributed by atoms with Gasteiger partial charge < -0.3 is 0 Å². The van der Waals surface area contributed by atoms with Crippen molar-refractivity contribution in [1.29, 1.82) is 0 Å². The number of aromatic nitrogens is 4. The van der Waals surface area contributed by atoms with Crippen molar-refractivity contribution in [3.63, 3.8) is 0 Å². The van der Waals surface area contributed by atoms with Gasteiger partial charge >= 0.3 is 0 Å². The number of tetrazole rings is 1. The highest BCUT2D eigenvalue weighted by Crippen LogP contribution is 2.15. The third-order valence-electron chi connectivity index (χ3n) is 2.46. The SMILES string of the molecule is O=C(Nc1nn[nH]n1)c1cc2ccccc2c(=O)s1. The lowest BCUT2D eigenvalue weighted by atomic mass is 10.2. The average Bonchev–Trinajstić information content (AvgIpc) is 2.91. The Bertz CT molecular complexity index is 796. The third-order valence-corrected chi connectivity index (χ3v) is 3.39. The Hall–Kier alpha value is -2.61. The number of hydrogen-bond donors (Lipinski definition) is 2. The predicted octanol–water partition coefficient (Wildman–Crippen LogP) is 1.03. The van der Waals surface area contributed by atoms with Gasteiger partial charge in [0.1, 0.15) is 0 Å². The summed E-state index contributed by atoms with van der Waals surface area (Å²) in [6.07, 6.45) is 0. The zero-order valence-electron chi connectivity index (χ0n) is 9.45. The van der Waals surface area contributed by atoms with Crippen molar-refractivity contribution in [2.45, 2.75) is 0 Å². The van der Waals surface area contributed by atoms with Crippen LogP contribution in [0.2, 0.25) is 0 Å². The van der Waals surface area contributed by atoms with Crippen LogP contribution in [0.3, 0.4) is 0 Å². The molecule has 0 aliphatic heterocycles. The van der Waals surface area contributed by atoms with Crippen LogP contribution in [0.4, 0.5) is 5.95 Å². The van der Waals surface area contributed by atoms with Crippen LogP contribution < -0.4 is 10.1 Å². The van der Waals surface area contributed by atoms with Crippen molar-refractivity contribution in [1.82, 2.24) is 20.6 Å². The van der Waals surface area contributed by atoms with Gasteiger partial charge in [0.05, 0.1) is 4.88 Å². The van der Waals surface area contributed by atoms with E-state index < -0.39 is 5.91 Å². The number of anilines is 1. The fraction of sp³-hybridized carbons (Fsp3) is 0. The van der Waals surface area contributed by atoms with E-state index >= 15 is 0 Å². The summed E-state index contributed by atoms with van der Waals surface area (Å²) >= 11 is 0.883. The van der Waals surface area contributed by atoms with Gasteiger partial charge in [-0.05, 0) is 22.7 Å². The van der Waals surface area contributed by atoms with Crippen molar-refractivity contribution < 1.29 is 4.79 Å². The Morgan fingerprint density at radius 2 is 2.16 bits per heavy atom. The van der Waals surface area contributed by atoms with Gasteiger partial charge in [-0.25, -0.2) is 0 Å². The number of carbonyl (C=O) groups is 1. The molecule has 94 valence electrons. The van der Waals surface area contributed by atoms with E-state index in [2.05, 4.69) is 25.9 Å². The number of fused-ring (bicyclic) bond motifs is 1. The standard InChI is InChI=1S/C11H7N5O2S/c17-9(12-11-13-15-16-14-11)8-5-6-3-1-2-4-7(6)10(18)19-8/h1-5H,(H2,12,13,14,15,16,17). The quantitative estimate of drug-likeness (QED) is 0.726. The first kappa shape index (κ1) is 11.5. The Labute approximate surface area is 110 Å². The van der Waals surface area contributed by atoms with E-state index in [0.29, 0.717) is 10.3 Å². The maximum Gasteiger partial charge on any atom is 0.270 e. The molecule has 0 saturated heterocycles. The van der Waals surface area contributed by atoms with Crippen molar-refractivity contribution in [3.8, 4) is 0 Å². The topological polar surface area (TPSA) is 101 Å². The monoisotopic (exact) mass is 273 g/mol. The number of rotatable bonds is 2. The Kier molecular flexibility index (Phi) is 2.76. The lowest BCUT2D eigenvalue weighted by Gasteiger charge is -2.01. The average molecular weight is 273 g/mol. The molecule has 0 atom stereocenters. The van der Waals surface area contributed by atoms with Crippen LogP contribution in [0.15, 0.2) is 35.1 Å². The molecule has 0 aliphatic rings. The number of carbonyl (C=O) groups excluding carboxylic acids is 1. The number of nitrogens with one attached hydrogen (secondary N) is 2. The molecular weight excluding hydrogens is 266 g/mol. The highest BCUT2D eigenvalue weighted by molar-refractivity contribution is 7.12. The number of aromatic amines is 1. The summed E-state index contributed by atoms with van der Waals surface area (Å²) in [6.45, 7) is 0. The van der Waals surface area contributed by atoms with E-state index in [0.717, 1.165) is 16.7 Å². The minimum atomic E-state index is -0.436. The number of H-pyrrole nitrogens is 1. The second-order valence-electron chi connectivity index (χ2n) is 3.67. The molecule has 2 aromatic heterocycles. The van der Waals surface area contributed by atoms with Crippen molar-refractivity contribution >= 4 is 34.0 Å². The van der Waals surface area contributed by atoms with Gasteiger partial charge in [0.25, 0.3) is 11.9 Å². The van der Waals surface area contributed by atoms with Gasteiger partial charge in [0.15, 0.2) is 0 Å². The predicted molar refractivity (Wildman–Crippen MR) is 70.2 cm³/mol. The van der Waals surface area contributed by atoms with Gasteiger partial charge in [0.2, 0.25) is 4.74 Å². The molecule has 3 rings (SSSR count). The van der Waals surface area contributed by atoms with Crippen LogP contribution in [0.1, 0.15) is 9.67 Å². The molecule has 0 saturated carbocycles. The fourth-order valence-corrected chi connectivity index (χ4v) is 2.45. The van der Waals surface area contributed by atoms with Crippen LogP contribution in [0, 0.1) is 0 Å². The van der Waals surface area contributed by atoms with E-state index in [1.54, 1.807) is 24.3 Å². The fourth-order valence-electron chi connectivity index (χ4n) is 1.62. The Morgan fingerprint density at radius 3 is 2.95 bits per heavy atom. The molecular formula is C11H7N5O2S. The first-order valence-electron chi connectivity index (χ1n) is 5.32. The van der Waals surface area contributed by atoms with E-state index in [1.807, 2.05) is 6.07 Å². The molecule has 7 nitrogen and oxygen atoms in total. The largest absolute Gasteiger partial charge is 0.287 e. The molecule has 0 spiro atoms. The molecule has 2 heterocycles.